The van der Waals surface area contributed by atoms with Crippen LogP contribution in [0.5, 0.6) is 0 Å². The molecule has 0 saturated carbocycles. The SMILES string of the molecule is COC(=O)c1c(C)cc(C(F)(C(F)(F)F)C(F)(F)F)cc1C. The first-order valence-electron chi connectivity index (χ1n) is 5.79. The third-order valence-corrected chi connectivity index (χ3v) is 3.10. The predicted octanol–water partition coefficient (Wildman–Crippen LogP) is 4.38. The van der Waals surface area contributed by atoms with Crippen molar-refractivity contribution in [2.75, 3.05) is 7.11 Å². The zero-order chi connectivity index (χ0) is 17.5. The van der Waals surface area contributed by atoms with Crippen molar-refractivity contribution in [3.63, 3.8) is 0 Å². The molecule has 0 aliphatic heterocycles. The molecule has 0 bridgehead atoms. The number of hydrogen-bond acceptors (Lipinski definition) is 2. The van der Waals surface area contributed by atoms with Crippen LogP contribution in [-0.4, -0.2) is 25.4 Å². The van der Waals surface area contributed by atoms with Crippen molar-refractivity contribution in [1.82, 2.24) is 0 Å². The van der Waals surface area contributed by atoms with Gasteiger partial charge in [0, 0.05) is 5.56 Å². The van der Waals surface area contributed by atoms with E-state index in [0.29, 0.717) is 12.1 Å². The topological polar surface area (TPSA) is 26.3 Å². The Morgan fingerprint density at radius 3 is 1.55 bits per heavy atom. The molecular formula is C13H11F7O2. The summed E-state index contributed by atoms with van der Waals surface area (Å²) in [5.74, 6) is -0.940. The lowest BCUT2D eigenvalue weighted by atomic mass is 9.89. The van der Waals surface area contributed by atoms with Crippen LogP contribution in [0.25, 0.3) is 0 Å². The fraction of sp³-hybridized carbons (Fsp3) is 0.462. The molecular weight excluding hydrogens is 321 g/mol. The Hall–Kier alpha value is -1.80. The van der Waals surface area contributed by atoms with Crippen LogP contribution < -0.4 is 0 Å². The van der Waals surface area contributed by atoms with Gasteiger partial charge in [-0.2, -0.15) is 26.3 Å². The zero-order valence-electron chi connectivity index (χ0n) is 11.6. The molecule has 0 amide bonds. The Morgan fingerprint density at radius 2 is 1.27 bits per heavy atom. The van der Waals surface area contributed by atoms with Gasteiger partial charge in [-0.3, -0.25) is 0 Å². The second kappa shape index (κ2) is 5.44. The van der Waals surface area contributed by atoms with Gasteiger partial charge in [0.25, 0.3) is 0 Å². The number of carbonyl (C=O) groups is 1. The van der Waals surface area contributed by atoms with Crippen molar-refractivity contribution in [3.8, 4) is 0 Å². The summed E-state index contributed by atoms with van der Waals surface area (Å²) in [6.07, 6.45) is -12.4. The highest BCUT2D eigenvalue weighted by Gasteiger charge is 2.73. The summed E-state index contributed by atoms with van der Waals surface area (Å²) < 4.78 is 94.5. The first-order valence-corrected chi connectivity index (χ1v) is 5.79. The molecule has 0 atom stereocenters. The largest absolute Gasteiger partial charge is 0.465 e. The van der Waals surface area contributed by atoms with Crippen LogP contribution in [0.3, 0.4) is 0 Å². The molecule has 0 saturated heterocycles. The lowest BCUT2D eigenvalue weighted by molar-refractivity contribution is -0.348. The van der Waals surface area contributed by atoms with Gasteiger partial charge >= 0.3 is 24.0 Å². The van der Waals surface area contributed by atoms with Crippen molar-refractivity contribution in [1.29, 1.82) is 0 Å². The maximum atomic E-state index is 13.9. The van der Waals surface area contributed by atoms with Gasteiger partial charge in [-0.05, 0) is 25.0 Å². The summed E-state index contributed by atoms with van der Waals surface area (Å²) in [4.78, 5) is 11.4. The van der Waals surface area contributed by atoms with Crippen LogP contribution in [0.4, 0.5) is 30.7 Å². The molecule has 1 aromatic rings. The normalized spacial score (nSPS) is 13.2. The molecule has 0 spiro atoms. The molecule has 1 rings (SSSR count). The van der Waals surface area contributed by atoms with Crippen molar-refractivity contribution in [3.05, 3.63) is 34.4 Å². The Labute approximate surface area is 120 Å². The smallest absolute Gasteiger partial charge is 0.435 e. The van der Waals surface area contributed by atoms with E-state index in [1.54, 1.807) is 0 Å². The lowest BCUT2D eigenvalue weighted by Gasteiger charge is -2.31. The second-order valence-corrected chi connectivity index (χ2v) is 4.63. The molecule has 0 N–H and O–H groups in total. The number of ether oxygens (including phenoxy) is 1. The number of benzene rings is 1. The highest BCUT2D eigenvalue weighted by molar-refractivity contribution is 5.92. The number of halogens is 7. The van der Waals surface area contributed by atoms with E-state index in [0.717, 1.165) is 21.0 Å². The van der Waals surface area contributed by atoms with Crippen LogP contribution in [0.1, 0.15) is 27.0 Å². The first kappa shape index (κ1) is 18.2. The van der Waals surface area contributed by atoms with Gasteiger partial charge in [0.15, 0.2) is 0 Å². The minimum Gasteiger partial charge on any atom is -0.465 e. The fourth-order valence-corrected chi connectivity index (χ4v) is 2.07. The van der Waals surface area contributed by atoms with Crippen LogP contribution in [0.2, 0.25) is 0 Å². The number of carbonyl (C=O) groups excluding carboxylic acids is 1. The van der Waals surface area contributed by atoms with Gasteiger partial charge in [0.05, 0.1) is 12.7 Å². The summed E-state index contributed by atoms with van der Waals surface area (Å²) in [6, 6.07) is 0.695. The number of aryl methyl sites for hydroxylation is 2. The minimum atomic E-state index is -6.20. The van der Waals surface area contributed by atoms with E-state index in [1.807, 2.05) is 0 Å². The van der Waals surface area contributed by atoms with Gasteiger partial charge in [-0.15, -0.1) is 0 Å². The van der Waals surface area contributed by atoms with Gasteiger partial charge in [-0.25, -0.2) is 9.18 Å². The molecule has 124 valence electrons. The second-order valence-electron chi connectivity index (χ2n) is 4.63. The van der Waals surface area contributed by atoms with Crippen LogP contribution in [0.15, 0.2) is 12.1 Å². The number of methoxy groups -OCH3 is 1. The summed E-state index contributed by atoms with van der Waals surface area (Å²) in [5.41, 5.74) is -7.87. The molecule has 0 radical (unpaired) electrons. The molecule has 0 fully saturated rings. The maximum absolute atomic E-state index is 13.9. The summed E-state index contributed by atoms with van der Waals surface area (Å²) in [7, 11) is 1.00. The van der Waals surface area contributed by atoms with E-state index < -0.39 is 29.6 Å². The first-order chi connectivity index (χ1) is 9.77. The van der Waals surface area contributed by atoms with Gasteiger partial charge < -0.3 is 4.74 Å². The average Bonchev–Trinajstić information content (AvgIpc) is 2.33. The Balaban J connectivity index is 3.65. The van der Waals surface area contributed by atoms with E-state index >= 15 is 0 Å². The highest BCUT2D eigenvalue weighted by atomic mass is 19.4. The van der Waals surface area contributed by atoms with E-state index in [4.69, 9.17) is 0 Å². The van der Waals surface area contributed by atoms with Gasteiger partial charge in [-0.1, -0.05) is 12.1 Å². The lowest BCUT2D eigenvalue weighted by Crippen LogP contribution is -2.50. The number of alkyl halides is 7. The molecule has 0 heterocycles. The molecule has 9 heteroatoms. The summed E-state index contributed by atoms with van der Waals surface area (Å²) >= 11 is 0. The Morgan fingerprint density at radius 1 is 0.909 bits per heavy atom. The van der Waals surface area contributed by atoms with Crippen molar-refractivity contribution >= 4 is 5.97 Å². The maximum Gasteiger partial charge on any atom is 0.435 e. The summed E-state index contributed by atoms with van der Waals surface area (Å²) in [6.45, 7) is 2.19. The van der Waals surface area contributed by atoms with E-state index in [1.165, 1.54) is 0 Å². The Kier molecular flexibility index (Phi) is 4.51. The van der Waals surface area contributed by atoms with E-state index in [2.05, 4.69) is 4.74 Å². The van der Waals surface area contributed by atoms with Gasteiger partial charge in [0.1, 0.15) is 0 Å². The predicted molar refractivity (Wildman–Crippen MR) is 62.2 cm³/mol. The molecule has 1 aromatic carbocycles. The van der Waals surface area contributed by atoms with Crippen molar-refractivity contribution in [2.45, 2.75) is 31.9 Å². The third-order valence-electron chi connectivity index (χ3n) is 3.10. The van der Waals surface area contributed by atoms with E-state index in [-0.39, 0.29) is 16.7 Å². The highest BCUT2D eigenvalue weighted by Crippen LogP contribution is 2.53. The number of esters is 1. The van der Waals surface area contributed by atoms with Gasteiger partial charge in [0.2, 0.25) is 0 Å². The molecule has 0 aliphatic rings. The molecule has 22 heavy (non-hydrogen) atoms. The summed E-state index contributed by atoms with van der Waals surface area (Å²) in [5, 5.41) is 0. The number of rotatable bonds is 2. The van der Waals surface area contributed by atoms with Crippen LogP contribution in [-0.2, 0) is 10.4 Å². The van der Waals surface area contributed by atoms with Crippen LogP contribution >= 0.6 is 0 Å². The monoisotopic (exact) mass is 332 g/mol. The standard InChI is InChI=1S/C13H11F7O2/c1-6-4-8(5-7(2)9(6)10(21)22-3)11(14,12(15,16)17)13(18,19)20/h4-5H,1-3H3. The zero-order valence-corrected chi connectivity index (χ0v) is 11.6. The van der Waals surface area contributed by atoms with E-state index in [9.17, 15) is 35.5 Å². The fourth-order valence-electron chi connectivity index (χ4n) is 2.07. The molecule has 2 nitrogen and oxygen atoms in total. The van der Waals surface area contributed by atoms with Crippen molar-refractivity contribution < 1.29 is 40.3 Å². The average molecular weight is 332 g/mol. The number of hydrogen-bond donors (Lipinski definition) is 0. The quantitative estimate of drug-likeness (QED) is 0.593. The molecule has 0 aliphatic carbocycles. The molecule has 0 aromatic heterocycles. The Bertz CT molecular complexity index is 550. The van der Waals surface area contributed by atoms with Crippen molar-refractivity contribution in [2.24, 2.45) is 0 Å². The third kappa shape index (κ3) is 2.76. The molecule has 0 unspecified atom stereocenters. The minimum absolute atomic E-state index is 0.210. The van der Waals surface area contributed by atoms with Crippen LogP contribution in [0, 0.1) is 13.8 Å².